The van der Waals surface area contributed by atoms with E-state index in [0.29, 0.717) is 0 Å². The molecule has 1 aliphatic heterocycles. The van der Waals surface area contributed by atoms with Crippen molar-refractivity contribution >= 4 is 11.7 Å². The molecule has 7 N–H and O–H groups in total. The van der Waals surface area contributed by atoms with Crippen molar-refractivity contribution in [2.45, 2.75) is 17.9 Å². The molecule has 0 aromatic carbocycles. The van der Waals surface area contributed by atoms with Crippen molar-refractivity contribution in [2.24, 2.45) is 5.73 Å². The molecular weight excluding hydrogens is 244 g/mol. The van der Waals surface area contributed by atoms with Gasteiger partial charge in [-0.25, -0.2) is 4.98 Å². The molecule has 1 aromatic heterocycles. The molecule has 0 aliphatic carbocycles. The Morgan fingerprint density at radius 3 is 2.89 bits per heavy atom. The van der Waals surface area contributed by atoms with E-state index in [9.17, 15) is 15.0 Å². The van der Waals surface area contributed by atoms with Crippen LogP contribution in [0.2, 0.25) is 0 Å². The second kappa shape index (κ2) is 4.21. The van der Waals surface area contributed by atoms with E-state index in [0.717, 1.165) is 10.9 Å². The maximum atomic E-state index is 11.0. The third-order valence-electron chi connectivity index (χ3n) is 3.01. The van der Waals surface area contributed by atoms with Crippen LogP contribution in [0, 0.1) is 0 Å². The van der Waals surface area contributed by atoms with E-state index in [-0.39, 0.29) is 18.1 Å². The molecule has 3 atom stereocenters. The van der Waals surface area contributed by atoms with E-state index in [2.05, 4.69) is 4.98 Å². The third kappa shape index (κ3) is 1.56. The lowest BCUT2D eigenvalue weighted by Crippen LogP contribution is -2.50. The summed E-state index contributed by atoms with van der Waals surface area (Å²) < 4.78 is 6.02. The molecule has 9 nitrogen and oxygen atoms in total. The Morgan fingerprint density at radius 2 is 2.39 bits per heavy atom. The van der Waals surface area contributed by atoms with Crippen LogP contribution in [-0.4, -0.2) is 56.2 Å². The van der Waals surface area contributed by atoms with Gasteiger partial charge in [-0.3, -0.25) is 9.36 Å². The highest BCUT2D eigenvalue weighted by molar-refractivity contribution is 5.95. The average molecular weight is 258 g/mol. The molecule has 1 fully saturated rings. The fourth-order valence-electron chi connectivity index (χ4n) is 2.00. The van der Waals surface area contributed by atoms with E-state index in [1.807, 2.05) is 0 Å². The molecule has 100 valence electrons. The SMILES string of the molecule is NC(=O)c1ncn([C@@]2(O)[C@@H](O)CO[C@@H]2CO)c1N. The molecule has 2 heterocycles. The Kier molecular flexibility index (Phi) is 2.99. The number of carbonyl (C=O) groups is 1. The highest BCUT2D eigenvalue weighted by atomic mass is 16.6. The lowest BCUT2D eigenvalue weighted by atomic mass is 10.0. The van der Waals surface area contributed by atoms with Gasteiger partial charge in [0.2, 0.25) is 5.72 Å². The average Bonchev–Trinajstić information content (AvgIpc) is 2.82. The number of rotatable bonds is 3. The van der Waals surface area contributed by atoms with Crippen molar-refractivity contribution in [3.8, 4) is 0 Å². The summed E-state index contributed by atoms with van der Waals surface area (Å²) in [6, 6.07) is 0. The number of anilines is 1. The van der Waals surface area contributed by atoms with Gasteiger partial charge in [0.25, 0.3) is 5.91 Å². The molecule has 9 heteroatoms. The summed E-state index contributed by atoms with van der Waals surface area (Å²) in [5.41, 5.74) is 8.48. The Balaban J connectivity index is 2.49. The van der Waals surface area contributed by atoms with Crippen LogP contribution in [0.15, 0.2) is 6.33 Å². The molecule has 0 spiro atoms. The normalized spacial score (nSPS) is 31.7. The lowest BCUT2D eigenvalue weighted by molar-refractivity contribution is -0.148. The van der Waals surface area contributed by atoms with Gasteiger partial charge in [0, 0.05) is 0 Å². The molecule has 0 unspecified atom stereocenters. The smallest absolute Gasteiger partial charge is 0.271 e. The number of aromatic nitrogens is 2. The summed E-state index contributed by atoms with van der Waals surface area (Å²) in [5, 5.41) is 29.3. The summed E-state index contributed by atoms with van der Waals surface area (Å²) >= 11 is 0. The highest BCUT2D eigenvalue weighted by Gasteiger charge is 2.52. The predicted molar refractivity (Wildman–Crippen MR) is 58.2 cm³/mol. The van der Waals surface area contributed by atoms with Crippen molar-refractivity contribution in [2.75, 3.05) is 18.9 Å². The van der Waals surface area contributed by atoms with Gasteiger partial charge < -0.3 is 31.5 Å². The van der Waals surface area contributed by atoms with E-state index < -0.39 is 30.4 Å². The number of carbonyl (C=O) groups excluding carboxylic acids is 1. The number of nitrogen functional groups attached to an aromatic ring is 1. The van der Waals surface area contributed by atoms with Gasteiger partial charge >= 0.3 is 0 Å². The largest absolute Gasteiger partial charge is 0.393 e. The van der Waals surface area contributed by atoms with Crippen molar-refractivity contribution in [1.82, 2.24) is 9.55 Å². The molecule has 1 amide bonds. The second-order valence-corrected chi connectivity index (χ2v) is 4.02. The zero-order valence-corrected chi connectivity index (χ0v) is 9.35. The Bertz CT molecular complexity index is 476. The lowest BCUT2D eigenvalue weighted by Gasteiger charge is -2.31. The zero-order valence-electron chi connectivity index (χ0n) is 9.35. The molecule has 0 bridgehead atoms. The topological polar surface area (TPSA) is 157 Å². The van der Waals surface area contributed by atoms with Gasteiger partial charge in [0.1, 0.15) is 18.0 Å². The van der Waals surface area contributed by atoms with Crippen LogP contribution in [0.1, 0.15) is 10.5 Å². The van der Waals surface area contributed by atoms with Gasteiger partial charge in [-0.15, -0.1) is 0 Å². The first-order valence-electron chi connectivity index (χ1n) is 5.18. The first kappa shape index (κ1) is 12.8. The molecule has 1 saturated heterocycles. The number of amides is 1. The number of nitrogens with two attached hydrogens (primary N) is 2. The maximum Gasteiger partial charge on any atom is 0.271 e. The standard InChI is InChI=1S/C9H14N4O5/c10-7-6(8(11)16)12-3-13(7)9(17)4(15)2-18-5(9)1-14/h3-5,14-15,17H,1-2,10H2,(H2,11,16)/t4-,5+,9+/m0/s1. The molecular formula is C9H14N4O5. The van der Waals surface area contributed by atoms with Crippen LogP contribution in [-0.2, 0) is 10.5 Å². The van der Waals surface area contributed by atoms with Gasteiger partial charge in [-0.05, 0) is 0 Å². The van der Waals surface area contributed by atoms with Crippen molar-refractivity contribution < 1.29 is 24.9 Å². The van der Waals surface area contributed by atoms with E-state index in [1.54, 1.807) is 0 Å². The number of aliphatic hydroxyl groups excluding tert-OH is 2. The minimum atomic E-state index is -1.99. The Hall–Kier alpha value is -1.68. The number of imidazole rings is 1. The Morgan fingerprint density at radius 1 is 1.72 bits per heavy atom. The highest BCUT2D eigenvalue weighted by Crippen LogP contribution is 2.33. The minimum absolute atomic E-state index is 0.175. The number of primary amides is 1. The van der Waals surface area contributed by atoms with Crippen LogP contribution in [0.25, 0.3) is 0 Å². The van der Waals surface area contributed by atoms with Gasteiger partial charge in [-0.2, -0.15) is 0 Å². The predicted octanol–water partition coefficient (Wildman–Crippen LogP) is -3.04. The van der Waals surface area contributed by atoms with Crippen LogP contribution in [0.4, 0.5) is 5.82 Å². The summed E-state index contributed by atoms with van der Waals surface area (Å²) in [7, 11) is 0. The number of hydrogen-bond donors (Lipinski definition) is 5. The van der Waals surface area contributed by atoms with E-state index in [4.69, 9.17) is 21.3 Å². The van der Waals surface area contributed by atoms with Crippen LogP contribution in [0.5, 0.6) is 0 Å². The third-order valence-corrected chi connectivity index (χ3v) is 3.01. The number of nitrogens with zero attached hydrogens (tertiary/aromatic N) is 2. The van der Waals surface area contributed by atoms with Crippen molar-refractivity contribution in [3.05, 3.63) is 12.0 Å². The van der Waals surface area contributed by atoms with Gasteiger partial charge in [0.05, 0.1) is 19.5 Å². The minimum Gasteiger partial charge on any atom is -0.393 e. The Labute approximate surface area is 102 Å². The molecule has 0 radical (unpaired) electrons. The first-order chi connectivity index (χ1) is 8.42. The summed E-state index contributed by atoms with van der Waals surface area (Å²) in [4.78, 5) is 14.7. The second-order valence-electron chi connectivity index (χ2n) is 4.02. The van der Waals surface area contributed by atoms with E-state index >= 15 is 0 Å². The molecule has 1 aromatic rings. The van der Waals surface area contributed by atoms with Crippen LogP contribution < -0.4 is 11.5 Å². The van der Waals surface area contributed by atoms with Crippen molar-refractivity contribution in [3.63, 3.8) is 0 Å². The monoisotopic (exact) mass is 258 g/mol. The summed E-state index contributed by atoms with van der Waals surface area (Å²) in [6.07, 6.45) is -1.33. The molecule has 0 saturated carbocycles. The quantitative estimate of drug-likeness (QED) is 0.385. The number of hydrogen-bond acceptors (Lipinski definition) is 7. The van der Waals surface area contributed by atoms with Crippen LogP contribution >= 0.6 is 0 Å². The fourth-order valence-corrected chi connectivity index (χ4v) is 2.00. The summed E-state index contributed by atoms with van der Waals surface area (Å²) in [6.45, 7) is -0.706. The number of aliphatic hydroxyl groups is 3. The first-order valence-corrected chi connectivity index (χ1v) is 5.18. The maximum absolute atomic E-state index is 11.0. The fraction of sp³-hybridized carbons (Fsp3) is 0.556. The van der Waals surface area contributed by atoms with E-state index in [1.165, 1.54) is 0 Å². The zero-order chi connectivity index (χ0) is 13.5. The molecule has 18 heavy (non-hydrogen) atoms. The number of ether oxygens (including phenoxy) is 1. The van der Waals surface area contributed by atoms with Crippen molar-refractivity contribution in [1.29, 1.82) is 0 Å². The van der Waals surface area contributed by atoms with Gasteiger partial charge in [0.15, 0.2) is 5.69 Å². The molecule has 1 aliphatic rings. The van der Waals surface area contributed by atoms with Gasteiger partial charge in [-0.1, -0.05) is 0 Å². The molecule has 2 rings (SSSR count). The summed E-state index contributed by atoms with van der Waals surface area (Å²) in [5.74, 6) is -1.06. The van der Waals surface area contributed by atoms with Crippen LogP contribution in [0.3, 0.4) is 0 Å².